The number of carbonyl (C=O) groups is 2. The van der Waals surface area contributed by atoms with Gasteiger partial charge in [0, 0.05) is 38.5 Å². The van der Waals surface area contributed by atoms with Crippen molar-refractivity contribution < 1.29 is 18.4 Å². The molecule has 1 atom stereocenters. The Bertz CT molecular complexity index is 794. The average molecular weight is 373 g/mol. The van der Waals surface area contributed by atoms with Crippen LogP contribution in [0.4, 0.5) is 13.6 Å². The highest BCUT2D eigenvalue weighted by Crippen LogP contribution is 2.19. The second-order valence-corrected chi connectivity index (χ2v) is 6.66. The Morgan fingerprint density at radius 2 is 1.56 bits per heavy atom. The van der Waals surface area contributed by atoms with E-state index < -0.39 is 0 Å². The van der Waals surface area contributed by atoms with E-state index >= 15 is 0 Å². The number of hydrogen-bond donors (Lipinski definition) is 2. The van der Waals surface area contributed by atoms with Crippen molar-refractivity contribution >= 4 is 11.9 Å². The zero-order valence-corrected chi connectivity index (χ0v) is 14.8. The van der Waals surface area contributed by atoms with Crippen molar-refractivity contribution in [3.8, 4) is 0 Å². The number of benzene rings is 2. The highest BCUT2D eigenvalue weighted by molar-refractivity contribution is 5.79. The van der Waals surface area contributed by atoms with Gasteiger partial charge in [-0.05, 0) is 35.4 Å². The fourth-order valence-corrected chi connectivity index (χ4v) is 3.04. The molecule has 2 aromatic rings. The Balaban J connectivity index is 1.40. The first-order valence-corrected chi connectivity index (χ1v) is 8.78. The quantitative estimate of drug-likeness (QED) is 0.818. The minimum absolute atomic E-state index is 0.0258. The van der Waals surface area contributed by atoms with Crippen LogP contribution >= 0.6 is 0 Å². The third kappa shape index (κ3) is 5.51. The Kier molecular flexibility index (Phi) is 6.01. The number of likely N-dealkylation sites (tertiary alicyclic amines) is 1. The molecule has 0 saturated carbocycles. The number of carbonyl (C=O) groups excluding carboxylic acids is 2. The zero-order chi connectivity index (χ0) is 19.2. The van der Waals surface area contributed by atoms with Crippen molar-refractivity contribution in [2.24, 2.45) is 5.92 Å². The number of nitrogens with zero attached hydrogens (tertiary/aromatic N) is 1. The SMILES string of the molecule is O=C(NCc1ccc(F)cc1)NC[C@@H]1CC(=O)N(Cc2ccc(F)cc2)C1. The lowest BCUT2D eigenvalue weighted by Crippen LogP contribution is -2.38. The molecular weight excluding hydrogens is 352 g/mol. The van der Waals surface area contributed by atoms with Gasteiger partial charge in [-0.2, -0.15) is 0 Å². The standard InChI is InChI=1S/C20H21F2N3O2/c21-17-5-1-14(2-6-17)10-23-20(27)24-11-16-9-19(26)25(13-16)12-15-3-7-18(22)8-4-15/h1-8,16H,9-13H2,(H2,23,24,27)/t16-/m0/s1. The molecular formula is C20H21F2N3O2. The lowest BCUT2D eigenvalue weighted by atomic mass is 10.1. The van der Waals surface area contributed by atoms with Crippen molar-refractivity contribution in [3.63, 3.8) is 0 Å². The van der Waals surface area contributed by atoms with Crippen LogP contribution in [0.5, 0.6) is 0 Å². The molecule has 0 radical (unpaired) electrons. The number of nitrogens with one attached hydrogen (secondary N) is 2. The van der Waals surface area contributed by atoms with Gasteiger partial charge in [0.05, 0.1) is 0 Å². The summed E-state index contributed by atoms with van der Waals surface area (Å²) in [6.07, 6.45) is 0.374. The molecule has 0 unspecified atom stereocenters. The fraction of sp³-hybridized carbons (Fsp3) is 0.300. The second-order valence-electron chi connectivity index (χ2n) is 6.66. The largest absolute Gasteiger partial charge is 0.338 e. The van der Waals surface area contributed by atoms with E-state index in [2.05, 4.69) is 10.6 Å². The molecule has 5 nitrogen and oxygen atoms in total. The Morgan fingerprint density at radius 3 is 2.19 bits per heavy atom. The van der Waals surface area contributed by atoms with Gasteiger partial charge in [-0.15, -0.1) is 0 Å². The maximum atomic E-state index is 13.0. The summed E-state index contributed by atoms with van der Waals surface area (Å²) in [4.78, 5) is 25.7. The summed E-state index contributed by atoms with van der Waals surface area (Å²) in [5.41, 5.74) is 1.67. The van der Waals surface area contributed by atoms with Gasteiger partial charge in [-0.25, -0.2) is 13.6 Å². The number of urea groups is 1. The summed E-state index contributed by atoms with van der Waals surface area (Å²) in [6.45, 7) is 1.67. The van der Waals surface area contributed by atoms with Crippen LogP contribution in [0.3, 0.4) is 0 Å². The first-order chi connectivity index (χ1) is 13.0. The zero-order valence-electron chi connectivity index (χ0n) is 14.8. The van der Waals surface area contributed by atoms with Crippen LogP contribution in [0.1, 0.15) is 17.5 Å². The molecule has 1 heterocycles. The number of rotatable bonds is 6. The smallest absolute Gasteiger partial charge is 0.315 e. The molecule has 2 aromatic carbocycles. The monoisotopic (exact) mass is 373 g/mol. The molecule has 2 N–H and O–H groups in total. The normalized spacial score (nSPS) is 16.4. The van der Waals surface area contributed by atoms with Crippen LogP contribution in [-0.2, 0) is 17.9 Å². The minimum Gasteiger partial charge on any atom is -0.338 e. The average Bonchev–Trinajstić information content (AvgIpc) is 3.01. The van der Waals surface area contributed by atoms with E-state index in [9.17, 15) is 18.4 Å². The number of hydrogen-bond acceptors (Lipinski definition) is 2. The van der Waals surface area contributed by atoms with E-state index in [1.807, 2.05) is 0 Å². The van der Waals surface area contributed by atoms with Gasteiger partial charge < -0.3 is 15.5 Å². The third-order valence-corrected chi connectivity index (χ3v) is 4.50. The molecule has 0 aromatic heterocycles. The molecule has 3 amide bonds. The summed E-state index contributed by atoms with van der Waals surface area (Å²) < 4.78 is 25.8. The van der Waals surface area contributed by atoms with Gasteiger partial charge in [-0.3, -0.25) is 4.79 Å². The topological polar surface area (TPSA) is 61.4 Å². The van der Waals surface area contributed by atoms with E-state index in [4.69, 9.17) is 0 Å². The van der Waals surface area contributed by atoms with Gasteiger partial charge in [0.2, 0.25) is 5.91 Å². The molecule has 0 aliphatic carbocycles. The van der Waals surface area contributed by atoms with Crippen molar-refractivity contribution in [2.75, 3.05) is 13.1 Å². The highest BCUT2D eigenvalue weighted by Gasteiger charge is 2.29. The molecule has 0 spiro atoms. The first-order valence-electron chi connectivity index (χ1n) is 8.78. The fourth-order valence-electron chi connectivity index (χ4n) is 3.04. The molecule has 3 rings (SSSR count). The molecule has 1 fully saturated rings. The van der Waals surface area contributed by atoms with Crippen LogP contribution in [0.15, 0.2) is 48.5 Å². The Labute approximate surface area is 156 Å². The maximum Gasteiger partial charge on any atom is 0.315 e. The van der Waals surface area contributed by atoms with Crippen LogP contribution in [0.25, 0.3) is 0 Å². The van der Waals surface area contributed by atoms with Crippen molar-refractivity contribution in [3.05, 3.63) is 71.3 Å². The Hall–Kier alpha value is -2.96. The predicted molar refractivity (Wildman–Crippen MR) is 96.6 cm³/mol. The van der Waals surface area contributed by atoms with Crippen LogP contribution in [-0.4, -0.2) is 29.9 Å². The number of halogens is 2. The Morgan fingerprint density at radius 1 is 0.963 bits per heavy atom. The summed E-state index contributed by atoms with van der Waals surface area (Å²) in [5.74, 6) is -0.563. The molecule has 1 aliphatic rings. The summed E-state index contributed by atoms with van der Waals surface area (Å²) in [7, 11) is 0. The van der Waals surface area contributed by atoms with Crippen LogP contribution < -0.4 is 10.6 Å². The van der Waals surface area contributed by atoms with Crippen LogP contribution in [0, 0.1) is 17.6 Å². The van der Waals surface area contributed by atoms with Gasteiger partial charge in [0.25, 0.3) is 0 Å². The van der Waals surface area contributed by atoms with Crippen molar-refractivity contribution in [1.82, 2.24) is 15.5 Å². The van der Waals surface area contributed by atoms with Crippen molar-refractivity contribution in [1.29, 1.82) is 0 Å². The molecule has 1 aliphatic heterocycles. The van der Waals surface area contributed by atoms with E-state index in [-0.39, 0.29) is 29.5 Å². The van der Waals surface area contributed by atoms with E-state index in [1.165, 1.54) is 24.3 Å². The minimum atomic E-state index is -0.330. The van der Waals surface area contributed by atoms with Gasteiger partial charge in [-0.1, -0.05) is 24.3 Å². The highest BCUT2D eigenvalue weighted by atomic mass is 19.1. The van der Waals surface area contributed by atoms with Crippen molar-refractivity contribution in [2.45, 2.75) is 19.5 Å². The second kappa shape index (κ2) is 8.62. The van der Waals surface area contributed by atoms with Gasteiger partial charge in [0.1, 0.15) is 11.6 Å². The van der Waals surface area contributed by atoms with Gasteiger partial charge >= 0.3 is 6.03 Å². The first kappa shape index (κ1) is 18.8. The maximum absolute atomic E-state index is 13.0. The molecule has 1 saturated heterocycles. The van der Waals surface area contributed by atoms with E-state index in [0.29, 0.717) is 32.6 Å². The molecule has 142 valence electrons. The molecule has 7 heteroatoms. The number of amides is 3. The summed E-state index contributed by atoms with van der Waals surface area (Å²) in [6, 6.07) is 11.7. The third-order valence-electron chi connectivity index (χ3n) is 4.50. The molecule has 27 heavy (non-hydrogen) atoms. The van der Waals surface area contributed by atoms with Crippen LogP contribution in [0.2, 0.25) is 0 Å². The van der Waals surface area contributed by atoms with E-state index in [1.54, 1.807) is 29.2 Å². The van der Waals surface area contributed by atoms with Gasteiger partial charge in [0.15, 0.2) is 0 Å². The van der Waals surface area contributed by atoms with E-state index in [0.717, 1.165) is 11.1 Å². The predicted octanol–water partition coefficient (Wildman–Crippen LogP) is 2.81. The molecule has 0 bridgehead atoms. The lowest BCUT2D eigenvalue weighted by Gasteiger charge is -2.17. The summed E-state index contributed by atoms with van der Waals surface area (Å²) in [5, 5.41) is 5.47. The lowest BCUT2D eigenvalue weighted by molar-refractivity contribution is -0.128. The summed E-state index contributed by atoms with van der Waals surface area (Å²) >= 11 is 0.